The molecular weight excluding hydrogens is 350 g/mol. The maximum atomic E-state index is 12.2. The lowest BCUT2D eigenvalue weighted by molar-refractivity contribution is 0.0467. The molecular formula is C20H19NO4S. The molecule has 1 aromatic heterocycles. The summed E-state index contributed by atoms with van der Waals surface area (Å²) in [5.74, 6) is 0.969. The third kappa shape index (κ3) is 3.86. The van der Waals surface area contributed by atoms with Crippen LogP contribution in [0, 0.1) is 6.92 Å². The minimum absolute atomic E-state index is 0.136. The molecule has 1 heterocycles. The number of methoxy groups -OCH3 is 2. The normalized spacial score (nSPS) is 10.4. The number of thiazole rings is 1. The molecule has 3 aromatic rings. The first-order valence-electron chi connectivity index (χ1n) is 8.02. The number of nitrogens with zero attached hydrogens (tertiary/aromatic N) is 1. The van der Waals surface area contributed by atoms with E-state index in [2.05, 4.69) is 4.98 Å². The van der Waals surface area contributed by atoms with Crippen LogP contribution in [-0.4, -0.2) is 25.2 Å². The SMILES string of the molecule is COc1ccc(-c2nc(COC(=O)c3ccccc3C)cs2)cc1OC. The van der Waals surface area contributed by atoms with Crippen LogP contribution in [0.2, 0.25) is 0 Å². The number of aryl methyl sites for hydroxylation is 1. The number of carbonyl (C=O) groups is 1. The number of benzene rings is 2. The quantitative estimate of drug-likeness (QED) is 0.599. The number of hydrogen-bond acceptors (Lipinski definition) is 6. The second-order valence-corrected chi connectivity index (χ2v) is 6.46. The van der Waals surface area contributed by atoms with Crippen molar-refractivity contribution in [1.82, 2.24) is 4.98 Å². The van der Waals surface area contributed by atoms with Crippen LogP contribution in [0.3, 0.4) is 0 Å². The highest BCUT2D eigenvalue weighted by atomic mass is 32.1. The Labute approximate surface area is 156 Å². The van der Waals surface area contributed by atoms with Gasteiger partial charge >= 0.3 is 5.97 Å². The minimum atomic E-state index is -0.344. The first kappa shape index (κ1) is 17.9. The lowest BCUT2D eigenvalue weighted by atomic mass is 10.1. The van der Waals surface area contributed by atoms with Crippen LogP contribution in [0.15, 0.2) is 47.8 Å². The summed E-state index contributed by atoms with van der Waals surface area (Å²) >= 11 is 1.49. The zero-order chi connectivity index (χ0) is 18.5. The van der Waals surface area contributed by atoms with Gasteiger partial charge < -0.3 is 14.2 Å². The maximum absolute atomic E-state index is 12.2. The van der Waals surface area contributed by atoms with E-state index in [4.69, 9.17) is 14.2 Å². The Kier molecular flexibility index (Phi) is 5.53. The monoisotopic (exact) mass is 369 g/mol. The third-order valence-corrected chi connectivity index (χ3v) is 4.84. The summed E-state index contributed by atoms with van der Waals surface area (Å²) in [7, 11) is 3.20. The van der Waals surface area contributed by atoms with Gasteiger partial charge in [0.2, 0.25) is 0 Å². The number of esters is 1. The lowest BCUT2D eigenvalue weighted by Gasteiger charge is -2.08. The summed E-state index contributed by atoms with van der Waals surface area (Å²) in [6.45, 7) is 2.02. The fourth-order valence-electron chi connectivity index (χ4n) is 2.49. The van der Waals surface area contributed by atoms with Crippen LogP contribution in [0.25, 0.3) is 10.6 Å². The number of hydrogen-bond donors (Lipinski definition) is 0. The fraction of sp³-hybridized carbons (Fsp3) is 0.200. The molecule has 6 heteroatoms. The molecule has 2 aromatic carbocycles. The molecule has 0 atom stereocenters. The molecule has 5 nitrogen and oxygen atoms in total. The van der Waals surface area contributed by atoms with Gasteiger partial charge in [-0.3, -0.25) is 0 Å². The molecule has 0 spiro atoms. The summed E-state index contributed by atoms with van der Waals surface area (Å²) in [5, 5.41) is 2.71. The van der Waals surface area contributed by atoms with E-state index >= 15 is 0 Å². The van der Waals surface area contributed by atoms with Crippen LogP contribution in [0.1, 0.15) is 21.6 Å². The lowest BCUT2D eigenvalue weighted by Crippen LogP contribution is -2.07. The summed E-state index contributed by atoms with van der Waals surface area (Å²) in [6, 6.07) is 13.0. The fourth-order valence-corrected chi connectivity index (χ4v) is 3.30. The Bertz CT molecular complexity index is 920. The van der Waals surface area contributed by atoms with Crippen molar-refractivity contribution in [1.29, 1.82) is 0 Å². The van der Waals surface area contributed by atoms with Gasteiger partial charge in [-0.2, -0.15) is 0 Å². The Balaban J connectivity index is 1.70. The molecule has 0 amide bonds. The zero-order valence-corrected chi connectivity index (χ0v) is 15.6. The zero-order valence-electron chi connectivity index (χ0n) is 14.8. The van der Waals surface area contributed by atoms with Crippen LogP contribution >= 0.6 is 11.3 Å². The number of carbonyl (C=O) groups excluding carboxylic acids is 1. The average molecular weight is 369 g/mol. The molecule has 0 saturated carbocycles. The van der Waals surface area contributed by atoms with E-state index < -0.39 is 0 Å². The van der Waals surface area contributed by atoms with Crippen molar-refractivity contribution < 1.29 is 19.0 Å². The Morgan fingerprint density at radius 1 is 1.08 bits per heavy atom. The van der Waals surface area contributed by atoms with E-state index in [0.29, 0.717) is 22.8 Å². The number of rotatable bonds is 6. The molecule has 0 unspecified atom stereocenters. The number of ether oxygens (including phenoxy) is 3. The molecule has 0 bridgehead atoms. The van der Waals surface area contributed by atoms with Crippen molar-refractivity contribution >= 4 is 17.3 Å². The molecule has 3 rings (SSSR count). The predicted octanol–water partition coefficient (Wildman–Crippen LogP) is 4.49. The molecule has 26 heavy (non-hydrogen) atoms. The molecule has 0 N–H and O–H groups in total. The summed E-state index contributed by atoms with van der Waals surface area (Å²) < 4.78 is 16.0. The van der Waals surface area contributed by atoms with E-state index in [1.807, 2.05) is 48.7 Å². The molecule has 134 valence electrons. The Morgan fingerprint density at radius 3 is 2.58 bits per heavy atom. The first-order chi connectivity index (χ1) is 12.6. The van der Waals surface area contributed by atoms with E-state index in [-0.39, 0.29) is 12.6 Å². The second-order valence-electron chi connectivity index (χ2n) is 5.60. The van der Waals surface area contributed by atoms with Crippen molar-refractivity contribution in [2.75, 3.05) is 14.2 Å². The van der Waals surface area contributed by atoms with Gasteiger partial charge in [0, 0.05) is 10.9 Å². The van der Waals surface area contributed by atoms with Crippen LogP contribution in [-0.2, 0) is 11.3 Å². The van der Waals surface area contributed by atoms with Crippen molar-refractivity contribution in [3.63, 3.8) is 0 Å². The third-order valence-electron chi connectivity index (χ3n) is 3.90. The Hall–Kier alpha value is -2.86. The molecule has 0 saturated heterocycles. The van der Waals surface area contributed by atoms with Gasteiger partial charge in [0.1, 0.15) is 11.6 Å². The van der Waals surface area contributed by atoms with Crippen molar-refractivity contribution in [3.8, 4) is 22.1 Å². The summed E-state index contributed by atoms with van der Waals surface area (Å²) in [6.07, 6.45) is 0. The largest absolute Gasteiger partial charge is 0.493 e. The molecule has 0 aliphatic carbocycles. The van der Waals surface area contributed by atoms with Gasteiger partial charge in [-0.1, -0.05) is 18.2 Å². The highest BCUT2D eigenvalue weighted by Crippen LogP contribution is 2.33. The van der Waals surface area contributed by atoms with Gasteiger partial charge in [0.05, 0.1) is 25.5 Å². The minimum Gasteiger partial charge on any atom is -0.493 e. The number of aromatic nitrogens is 1. The average Bonchev–Trinajstić information content (AvgIpc) is 3.15. The van der Waals surface area contributed by atoms with Crippen LogP contribution in [0.5, 0.6) is 11.5 Å². The van der Waals surface area contributed by atoms with E-state index in [1.54, 1.807) is 20.3 Å². The van der Waals surface area contributed by atoms with Gasteiger partial charge in [-0.25, -0.2) is 9.78 Å². The van der Waals surface area contributed by atoms with Crippen molar-refractivity contribution in [2.45, 2.75) is 13.5 Å². The Morgan fingerprint density at radius 2 is 1.85 bits per heavy atom. The second kappa shape index (κ2) is 8.01. The topological polar surface area (TPSA) is 57.7 Å². The van der Waals surface area contributed by atoms with E-state index in [0.717, 1.165) is 16.1 Å². The molecule has 0 fully saturated rings. The van der Waals surface area contributed by atoms with Crippen molar-refractivity contribution in [3.05, 3.63) is 64.7 Å². The van der Waals surface area contributed by atoms with E-state index in [9.17, 15) is 4.79 Å². The van der Waals surface area contributed by atoms with Gasteiger partial charge in [0.15, 0.2) is 11.5 Å². The highest BCUT2D eigenvalue weighted by Gasteiger charge is 2.13. The summed E-state index contributed by atoms with van der Waals surface area (Å²) in [5.41, 5.74) is 3.09. The molecule has 0 aliphatic heterocycles. The molecule has 0 aliphatic rings. The van der Waals surface area contributed by atoms with Gasteiger partial charge in [-0.15, -0.1) is 11.3 Å². The smallest absolute Gasteiger partial charge is 0.338 e. The molecule has 0 radical (unpaired) electrons. The van der Waals surface area contributed by atoms with Gasteiger partial charge in [-0.05, 0) is 36.8 Å². The van der Waals surface area contributed by atoms with Gasteiger partial charge in [0.25, 0.3) is 0 Å². The standard InChI is InChI=1S/C20H19NO4S/c1-13-6-4-5-7-16(13)20(22)25-11-15-12-26-19(21-15)14-8-9-17(23-2)18(10-14)24-3/h4-10,12H,11H2,1-3H3. The predicted molar refractivity (Wildman–Crippen MR) is 101 cm³/mol. The highest BCUT2D eigenvalue weighted by molar-refractivity contribution is 7.13. The van der Waals surface area contributed by atoms with Crippen LogP contribution in [0.4, 0.5) is 0 Å². The van der Waals surface area contributed by atoms with E-state index in [1.165, 1.54) is 11.3 Å². The maximum Gasteiger partial charge on any atom is 0.338 e. The van der Waals surface area contributed by atoms with Crippen LogP contribution < -0.4 is 9.47 Å². The summed E-state index contributed by atoms with van der Waals surface area (Å²) in [4.78, 5) is 16.7. The van der Waals surface area contributed by atoms with Crippen molar-refractivity contribution in [2.24, 2.45) is 0 Å². The first-order valence-corrected chi connectivity index (χ1v) is 8.90.